The molecule has 0 N–H and O–H groups in total. The maximum atomic E-state index is 5.02. The molecule has 0 aromatic heterocycles. The van der Waals surface area contributed by atoms with Crippen molar-refractivity contribution in [2.24, 2.45) is 0 Å². The number of benzene rings is 1. The number of thiocarbonyl (C=S) groups is 1. The third kappa shape index (κ3) is 4.76. The minimum absolute atomic E-state index is 0. The van der Waals surface area contributed by atoms with Crippen LogP contribution in [0.5, 0.6) is 0 Å². The summed E-state index contributed by atoms with van der Waals surface area (Å²) in [6.07, 6.45) is 0. The van der Waals surface area contributed by atoms with Crippen molar-refractivity contribution in [2.75, 3.05) is 0 Å². The minimum atomic E-state index is 0. The van der Waals surface area contributed by atoms with E-state index in [1.165, 1.54) is 0 Å². The van der Waals surface area contributed by atoms with Crippen molar-refractivity contribution < 1.29 is 21.2 Å². The van der Waals surface area contributed by atoms with Gasteiger partial charge in [-0.2, -0.15) is 0 Å². The molecule has 1 nitrogen and oxygen atoms in total. The zero-order valence-electron chi connectivity index (χ0n) is 6.17. The van der Waals surface area contributed by atoms with Crippen LogP contribution in [0.25, 0.3) is 0 Å². The van der Waals surface area contributed by atoms with Crippen molar-refractivity contribution in [1.82, 2.24) is 0 Å². The molecule has 0 bridgehead atoms. The molecule has 0 aliphatic carbocycles. The Bertz CT molecular complexity index is 238. The molecule has 0 radical (unpaired) electrons. The van der Waals surface area contributed by atoms with E-state index in [-0.39, 0.29) is 20.9 Å². The van der Waals surface area contributed by atoms with Crippen LogP contribution in [0.2, 0.25) is 0 Å². The van der Waals surface area contributed by atoms with Gasteiger partial charge in [0, 0.05) is 16.5 Å². The summed E-state index contributed by atoms with van der Waals surface area (Å²) >= 11 is 8.47. The van der Waals surface area contributed by atoms with Gasteiger partial charge in [-0.15, -0.1) is 0 Å². The molecule has 1 aromatic rings. The summed E-state index contributed by atoms with van der Waals surface area (Å²) in [7, 11) is 0. The fourth-order valence-electron chi connectivity index (χ4n) is 0.719. The molecular weight excluding hydrogens is 235 g/mol. The second-order valence-corrected chi connectivity index (χ2v) is 3.12. The van der Waals surface area contributed by atoms with Crippen molar-refractivity contribution in [2.45, 2.75) is 6.61 Å². The Morgan fingerprint density at radius 2 is 1.92 bits per heavy atom. The summed E-state index contributed by atoms with van der Waals surface area (Å²) in [4.78, 5) is 0. The van der Waals surface area contributed by atoms with Gasteiger partial charge in [-0.05, 0) is 17.8 Å². The van der Waals surface area contributed by atoms with Crippen molar-refractivity contribution in [3.05, 3.63) is 35.9 Å². The predicted octanol–water partition coefficient (Wildman–Crippen LogP) is 2.42. The second-order valence-electron chi connectivity index (χ2n) is 2.04. The fourth-order valence-corrected chi connectivity index (χ4v) is 0.843. The molecule has 0 spiro atoms. The number of hydrogen-bond donors (Lipinski definition) is 1. The second kappa shape index (κ2) is 6.47. The quantitative estimate of drug-likeness (QED) is 0.485. The maximum Gasteiger partial charge on any atom is 0.217 e. The zero-order chi connectivity index (χ0) is 8.10. The maximum absolute atomic E-state index is 5.02. The van der Waals surface area contributed by atoms with Crippen molar-refractivity contribution in [1.29, 1.82) is 0 Å². The van der Waals surface area contributed by atoms with Crippen LogP contribution in [0, 0.1) is 0 Å². The van der Waals surface area contributed by atoms with Gasteiger partial charge in [-0.25, -0.2) is 0 Å². The van der Waals surface area contributed by atoms with Gasteiger partial charge in [0.25, 0.3) is 0 Å². The SMILES string of the molecule is S=C(S)OCc1ccccc1.[Ni]. The fraction of sp³-hybridized carbons (Fsp3) is 0.125. The van der Waals surface area contributed by atoms with Crippen LogP contribution in [0.1, 0.15) is 5.56 Å². The van der Waals surface area contributed by atoms with Crippen LogP contribution in [0.15, 0.2) is 30.3 Å². The Kier molecular flexibility index (Phi) is 6.44. The Balaban J connectivity index is 0.00000121. The topological polar surface area (TPSA) is 9.23 Å². The molecule has 0 aliphatic rings. The summed E-state index contributed by atoms with van der Waals surface area (Å²) < 4.78 is 5.31. The van der Waals surface area contributed by atoms with E-state index in [1.54, 1.807) is 0 Å². The molecule has 0 atom stereocenters. The van der Waals surface area contributed by atoms with Crippen molar-refractivity contribution in [3.63, 3.8) is 0 Å². The molecule has 12 heavy (non-hydrogen) atoms. The normalized spacial score (nSPS) is 8.42. The Morgan fingerprint density at radius 1 is 1.33 bits per heavy atom. The van der Waals surface area contributed by atoms with E-state index in [1.807, 2.05) is 30.3 Å². The predicted molar refractivity (Wildman–Crippen MR) is 52.8 cm³/mol. The van der Waals surface area contributed by atoms with E-state index >= 15 is 0 Å². The molecule has 1 rings (SSSR count). The van der Waals surface area contributed by atoms with E-state index in [4.69, 9.17) is 4.74 Å². The van der Waals surface area contributed by atoms with E-state index in [0.29, 0.717) is 6.61 Å². The van der Waals surface area contributed by atoms with Gasteiger partial charge in [-0.1, -0.05) is 43.0 Å². The van der Waals surface area contributed by atoms with Gasteiger partial charge in [0.05, 0.1) is 0 Å². The van der Waals surface area contributed by atoms with E-state index in [2.05, 4.69) is 24.8 Å². The zero-order valence-corrected chi connectivity index (χ0v) is 8.87. The molecule has 4 heteroatoms. The molecular formula is C8H8NiOS2. The smallest absolute Gasteiger partial charge is 0.217 e. The van der Waals surface area contributed by atoms with Crippen LogP contribution in [0.3, 0.4) is 0 Å². The van der Waals surface area contributed by atoms with Crippen molar-refractivity contribution >= 4 is 29.2 Å². The monoisotopic (exact) mass is 242 g/mol. The summed E-state index contributed by atoms with van der Waals surface area (Å²) in [6.45, 7) is 0.503. The van der Waals surface area contributed by atoms with E-state index < -0.39 is 0 Å². The summed E-state index contributed by atoms with van der Waals surface area (Å²) in [5.41, 5.74) is 1.10. The average molecular weight is 243 g/mol. The van der Waals surface area contributed by atoms with Gasteiger partial charge in [-0.3, -0.25) is 0 Å². The van der Waals surface area contributed by atoms with Gasteiger partial charge >= 0.3 is 0 Å². The largest absolute Gasteiger partial charge is 0.474 e. The Hall–Kier alpha value is -0.0465. The van der Waals surface area contributed by atoms with Gasteiger partial charge in [0.15, 0.2) is 0 Å². The van der Waals surface area contributed by atoms with Crippen LogP contribution in [-0.2, 0) is 27.8 Å². The summed E-state index contributed by atoms with van der Waals surface area (Å²) in [5, 5.41) is 0. The first-order chi connectivity index (χ1) is 5.29. The molecule has 0 saturated heterocycles. The van der Waals surface area contributed by atoms with Crippen LogP contribution < -0.4 is 0 Å². The first-order valence-corrected chi connectivity index (χ1v) is 4.04. The number of hydrogen-bond acceptors (Lipinski definition) is 2. The van der Waals surface area contributed by atoms with Crippen LogP contribution in [-0.4, -0.2) is 4.38 Å². The summed E-state index contributed by atoms with van der Waals surface area (Å²) in [5.74, 6) is 0. The first-order valence-electron chi connectivity index (χ1n) is 3.18. The van der Waals surface area contributed by atoms with Gasteiger partial charge < -0.3 is 4.74 Å². The number of rotatable bonds is 2. The Morgan fingerprint density at radius 3 is 2.42 bits per heavy atom. The molecule has 0 aliphatic heterocycles. The van der Waals surface area contributed by atoms with E-state index in [9.17, 15) is 0 Å². The average Bonchev–Trinajstić information content (AvgIpc) is 2.03. The summed E-state index contributed by atoms with van der Waals surface area (Å²) in [6, 6.07) is 9.83. The third-order valence-corrected chi connectivity index (χ3v) is 1.45. The van der Waals surface area contributed by atoms with Gasteiger partial charge in [0.1, 0.15) is 6.61 Å². The molecule has 68 valence electrons. The molecule has 0 saturated carbocycles. The van der Waals surface area contributed by atoms with Crippen LogP contribution >= 0.6 is 24.8 Å². The molecule has 1 aromatic carbocycles. The first kappa shape index (κ1) is 12.0. The molecule has 0 heterocycles. The van der Waals surface area contributed by atoms with Crippen LogP contribution in [0.4, 0.5) is 0 Å². The molecule has 0 fully saturated rings. The van der Waals surface area contributed by atoms with E-state index in [0.717, 1.165) is 5.56 Å². The number of thiol groups is 1. The molecule has 0 unspecified atom stereocenters. The van der Waals surface area contributed by atoms with Gasteiger partial charge in [0.2, 0.25) is 4.38 Å². The Labute approximate surface area is 92.8 Å². The molecule has 0 amide bonds. The minimum Gasteiger partial charge on any atom is -0.474 e. The number of ether oxygens (including phenoxy) is 1. The standard InChI is InChI=1S/C8H8OS2.Ni/c10-8(11)9-6-7-4-2-1-3-5-7;/h1-5H,6H2,(H,10,11);. The third-order valence-electron chi connectivity index (χ3n) is 1.21. The van der Waals surface area contributed by atoms with Crippen molar-refractivity contribution in [3.8, 4) is 0 Å².